The van der Waals surface area contributed by atoms with Crippen LogP contribution in [0.25, 0.3) is 0 Å². The minimum Gasteiger partial charge on any atom is -0.462 e. The maximum absolute atomic E-state index is 12.7. The van der Waals surface area contributed by atoms with Crippen molar-refractivity contribution >= 4 is 29.0 Å². The van der Waals surface area contributed by atoms with E-state index in [4.69, 9.17) is 17.0 Å². The number of esters is 1. The second-order valence-electron chi connectivity index (χ2n) is 6.68. The number of nitrogens with zero attached hydrogens (tertiary/aromatic N) is 1. The highest BCUT2D eigenvalue weighted by atomic mass is 32.1. The van der Waals surface area contributed by atoms with E-state index in [9.17, 15) is 4.79 Å². The highest BCUT2D eigenvalue weighted by Crippen LogP contribution is 2.29. The van der Waals surface area contributed by atoms with Crippen LogP contribution in [-0.4, -0.2) is 30.8 Å². The predicted octanol–water partition coefficient (Wildman–Crippen LogP) is 4.06. The van der Waals surface area contributed by atoms with Crippen molar-refractivity contribution in [1.29, 1.82) is 0 Å². The Balaban J connectivity index is 2.22. The summed E-state index contributed by atoms with van der Waals surface area (Å²) in [5, 5.41) is 6.79. The fraction of sp³-hybridized carbons (Fsp3) is 0.524. The van der Waals surface area contributed by atoms with Crippen molar-refractivity contribution in [2.24, 2.45) is 0 Å². The Kier molecular flexibility index (Phi) is 8.10. The number of hydrogen-bond acceptors (Lipinski definition) is 4. The van der Waals surface area contributed by atoms with E-state index in [1.807, 2.05) is 6.92 Å². The summed E-state index contributed by atoms with van der Waals surface area (Å²) in [6.45, 7) is 10.6. The average Bonchev–Trinajstić information content (AvgIpc) is 2.66. The number of carbonyl (C=O) groups is 1. The first-order valence-electron chi connectivity index (χ1n) is 9.82. The van der Waals surface area contributed by atoms with Crippen molar-refractivity contribution in [2.45, 2.75) is 53.0 Å². The van der Waals surface area contributed by atoms with Gasteiger partial charge in [0.05, 0.1) is 18.2 Å². The van der Waals surface area contributed by atoms with Crippen LogP contribution in [0.1, 0.15) is 58.6 Å². The van der Waals surface area contributed by atoms with Crippen LogP contribution in [0.5, 0.6) is 0 Å². The normalized spacial score (nSPS) is 16.6. The SMILES string of the molecule is CCCCCOC(=O)C1=C(C)NC(=S)NC1c1ccc(N(CC)CC)cc1. The van der Waals surface area contributed by atoms with Gasteiger partial charge in [0, 0.05) is 24.5 Å². The van der Waals surface area contributed by atoms with Gasteiger partial charge in [0.15, 0.2) is 5.11 Å². The minimum absolute atomic E-state index is 0.288. The molecule has 0 amide bonds. The van der Waals surface area contributed by atoms with E-state index in [0.29, 0.717) is 17.3 Å². The number of rotatable bonds is 9. The van der Waals surface area contributed by atoms with Crippen LogP contribution in [0.4, 0.5) is 5.69 Å². The summed E-state index contributed by atoms with van der Waals surface area (Å²) < 4.78 is 5.51. The molecule has 1 unspecified atom stereocenters. The maximum Gasteiger partial charge on any atom is 0.338 e. The summed E-state index contributed by atoms with van der Waals surface area (Å²) in [7, 11) is 0. The van der Waals surface area contributed by atoms with Gasteiger partial charge in [0.1, 0.15) is 0 Å². The summed E-state index contributed by atoms with van der Waals surface area (Å²) in [5.74, 6) is -0.288. The predicted molar refractivity (Wildman–Crippen MR) is 115 cm³/mol. The number of carbonyl (C=O) groups excluding carboxylic acids is 1. The summed E-state index contributed by atoms with van der Waals surface area (Å²) in [4.78, 5) is 15.0. The van der Waals surface area contributed by atoms with E-state index in [2.05, 4.69) is 60.6 Å². The Labute approximate surface area is 168 Å². The van der Waals surface area contributed by atoms with Crippen LogP contribution in [0.3, 0.4) is 0 Å². The third-order valence-electron chi connectivity index (χ3n) is 4.83. The first-order chi connectivity index (χ1) is 13.0. The van der Waals surface area contributed by atoms with Crippen molar-refractivity contribution in [2.75, 3.05) is 24.6 Å². The maximum atomic E-state index is 12.7. The molecule has 27 heavy (non-hydrogen) atoms. The van der Waals surface area contributed by atoms with E-state index in [-0.39, 0.29) is 12.0 Å². The summed E-state index contributed by atoms with van der Waals surface area (Å²) in [6.07, 6.45) is 3.04. The fourth-order valence-corrected chi connectivity index (χ4v) is 3.55. The lowest BCUT2D eigenvalue weighted by Gasteiger charge is -2.30. The van der Waals surface area contributed by atoms with Crippen LogP contribution in [0, 0.1) is 0 Å². The Morgan fingerprint density at radius 1 is 1.15 bits per heavy atom. The van der Waals surface area contributed by atoms with Gasteiger partial charge < -0.3 is 20.3 Å². The molecule has 1 aliphatic heterocycles. The highest BCUT2D eigenvalue weighted by Gasteiger charge is 2.30. The molecule has 1 atom stereocenters. The third kappa shape index (κ3) is 5.45. The number of benzene rings is 1. The Hall–Kier alpha value is -2.08. The number of ether oxygens (including phenoxy) is 1. The van der Waals surface area contributed by atoms with E-state index in [1.54, 1.807) is 0 Å². The van der Waals surface area contributed by atoms with Crippen molar-refractivity contribution in [1.82, 2.24) is 10.6 Å². The molecule has 6 heteroatoms. The molecule has 148 valence electrons. The molecule has 0 saturated heterocycles. The van der Waals surface area contributed by atoms with Crippen LogP contribution in [0.15, 0.2) is 35.5 Å². The van der Waals surface area contributed by atoms with Gasteiger partial charge in [-0.3, -0.25) is 0 Å². The van der Waals surface area contributed by atoms with Gasteiger partial charge in [0.2, 0.25) is 0 Å². The minimum atomic E-state index is -0.303. The molecule has 0 spiro atoms. The highest BCUT2D eigenvalue weighted by molar-refractivity contribution is 7.80. The molecule has 0 aromatic heterocycles. The molecule has 0 radical (unpaired) electrons. The van der Waals surface area contributed by atoms with Gasteiger partial charge in [-0.15, -0.1) is 0 Å². The lowest BCUT2D eigenvalue weighted by Crippen LogP contribution is -2.45. The molecular weight excluding hydrogens is 358 g/mol. The van der Waals surface area contributed by atoms with Gasteiger partial charge in [-0.1, -0.05) is 31.9 Å². The second-order valence-corrected chi connectivity index (χ2v) is 7.09. The van der Waals surface area contributed by atoms with Crippen molar-refractivity contribution in [3.8, 4) is 0 Å². The number of unbranched alkanes of at least 4 members (excludes halogenated alkanes) is 2. The zero-order valence-electron chi connectivity index (χ0n) is 16.8. The summed E-state index contributed by atoms with van der Waals surface area (Å²) >= 11 is 5.31. The monoisotopic (exact) mass is 389 g/mol. The smallest absolute Gasteiger partial charge is 0.338 e. The van der Waals surface area contributed by atoms with E-state index < -0.39 is 0 Å². The number of allylic oxidation sites excluding steroid dienone is 1. The molecule has 0 aliphatic carbocycles. The lowest BCUT2D eigenvalue weighted by molar-refractivity contribution is -0.139. The zero-order chi connectivity index (χ0) is 19.8. The van der Waals surface area contributed by atoms with Gasteiger partial charge in [-0.25, -0.2) is 4.79 Å². The molecule has 0 bridgehead atoms. The average molecular weight is 390 g/mol. The topological polar surface area (TPSA) is 53.6 Å². The lowest BCUT2D eigenvalue weighted by atomic mass is 9.95. The van der Waals surface area contributed by atoms with Gasteiger partial charge >= 0.3 is 5.97 Å². The van der Waals surface area contributed by atoms with Crippen LogP contribution < -0.4 is 15.5 Å². The Morgan fingerprint density at radius 3 is 2.41 bits per heavy atom. The first-order valence-corrected chi connectivity index (χ1v) is 10.2. The molecule has 1 aliphatic rings. The molecule has 1 aromatic carbocycles. The third-order valence-corrected chi connectivity index (χ3v) is 5.05. The molecule has 1 heterocycles. The van der Waals surface area contributed by atoms with Crippen LogP contribution in [-0.2, 0) is 9.53 Å². The standard InChI is InChI=1S/C21H31N3O2S/c1-5-8-9-14-26-20(25)18-15(4)22-21(27)23-19(18)16-10-12-17(13-11-16)24(6-2)7-3/h10-13,19H,5-9,14H2,1-4H3,(H2,22,23,27). The van der Waals surface area contributed by atoms with E-state index >= 15 is 0 Å². The first kappa shape index (κ1) is 21.2. The fourth-order valence-electron chi connectivity index (χ4n) is 3.28. The van der Waals surface area contributed by atoms with Crippen molar-refractivity contribution in [3.05, 3.63) is 41.1 Å². The zero-order valence-corrected chi connectivity index (χ0v) is 17.6. The van der Waals surface area contributed by atoms with E-state index in [1.165, 1.54) is 5.69 Å². The van der Waals surface area contributed by atoms with Gasteiger partial charge in [-0.05, 0) is 57.1 Å². The van der Waals surface area contributed by atoms with E-state index in [0.717, 1.165) is 43.6 Å². The van der Waals surface area contributed by atoms with Gasteiger partial charge in [-0.2, -0.15) is 0 Å². The molecule has 0 fully saturated rings. The number of hydrogen-bond donors (Lipinski definition) is 2. The number of nitrogens with one attached hydrogen (secondary N) is 2. The largest absolute Gasteiger partial charge is 0.462 e. The second kappa shape index (κ2) is 10.3. The Morgan fingerprint density at radius 2 is 1.81 bits per heavy atom. The Bertz CT molecular complexity index is 681. The molecule has 0 saturated carbocycles. The van der Waals surface area contributed by atoms with Crippen LogP contribution >= 0.6 is 12.2 Å². The van der Waals surface area contributed by atoms with Crippen LogP contribution in [0.2, 0.25) is 0 Å². The summed E-state index contributed by atoms with van der Waals surface area (Å²) in [5.41, 5.74) is 3.51. The van der Waals surface area contributed by atoms with Crippen molar-refractivity contribution in [3.63, 3.8) is 0 Å². The molecular formula is C21H31N3O2S. The summed E-state index contributed by atoms with van der Waals surface area (Å²) in [6, 6.07) is 7.99. The molecule has 5 nitrogen and oxygen atoms in total. The van der Waals surface area contributed by atoms with Gasteiger partial charge in [0.25, 0.3) is 0 Å². The molecule has 1 aromatic rings. The molecule has 2 N–H and O–H groups in total. The van der Waals surface area contributed by atoms with Crippen molar-refractivity contribution < 1.29 is 9.53 Å². The number of anilines is 1. The molecule has 2 rings (SSSR count). The quantitative estimate of drug-likeness (QED) is 0.377. The number of thiocarbonyl (C=S) groups is 1.